The van der Waals surface area contributed by atoms with Gasteiger partial charge >= 0.3 is 0 Å². The Morgan fingerprint density at radius 2 is 2.11 bits per heavy atom. The van der Waals surface area contributed by atoms with E-state index in [0.29, 0.717) is 21.7 Å². The fraction of sp³-hybridized carbons (Fsp3) is 0.0833. The third-order valence-electron chi connectivity index (χ3n) is 2.39. The predicted octanol–water partition coefficient (Wildman–Crippen LogP) is 2.09. The number of nitrogens with two attached hydrogens (primary N) is 1. The molecule has 2 heterocycles. The average molecular weight is 322 g/mol. The Hall–Kier alpha value is -1.99. The highest BCUT2D eigenvalue weighted by Gasteiger charge is 2.13. The Morgan fingerprint density at radius 1 is 1.32 bits per heavy atom. The van der Waals surface area contributed by atoms with E-state index in [1.807, 2.05) is 13.0 Å². The molecule has 0 unspecified atom stereocenters. The van der Waals surface area contributed by atoms with Crippen molar-refractivity contribution in [2.24, 2.45) is 5.84 Å². The minimum Gasteiger partial charge on any atom is -0.308 e. The Kier molecular flexibility index (Phi) is 4.08. The van der Waals surface area contributed by atoms with Gasteiger partial charge in [0.2, 0.25) is 0 Å². The van der Waals surface area contributed by atoms with Crippen molar-refractivity contribution in [3.05, 3.63) is 46.2 Å². The summed E-state index contributed by atoms with van der Waals surface area (Å²) in [7, 11) is 0. The summed E-state index contributed by atoms with van der Waals surface area (Å²) in [4.78, 5) is 20.2. The predicted molar refractivity (Wildman–Crippen MR) is 76.7 cm³/mol. The number of nitrogen functional groups attached to an aromatic ring is 1. The average Bonchev–Trinajstić information content (AvgIpc) is 2.41. The standard InChI is InChI=1S/C12H12BrN5O/c1-7-2-3-10(15-5-7)17-12(19)9-4-8(13)6-16-11(9)18-14/h2-6H,14H2,1H3,(H,16,18)(H,15,17,19). The smallest absolute Gasteiger partial charge is 0.260 e. The lowest BCUT2D eigenvalue weighted by Gasteiger charge is -2.08. The maximum atomic E-state index is 12.1. The van der Waals surface area contributed by atoms with Gasteiger partial charge in [0.25, 0.3) is 5.91 Å². The number of carbonyl (C=O) groups excluding carboxylic acids is 1. The van der Waals surface area contributed by atoms with Gasteiger partial charge in [0.15, 0.2) is 5.82 Å². The molecule has 0 fully saturated rings. The van der Waals surface area contributed by atoms with Crippen molar-refractivity contribution < 1.29 is 4.79 Å². The van der Waals surface area contributed by atoms with Gasteiger partial charge in [-0.1, -0.05) is 6.07 Å². The number of halogens is 1. The summed E-state index contributed by atoms with van der Waals surface area (Å²) in [5, 5.41) is 2.68. The number of amides is 1. The summed E-state index contributed by atoms with van der Waals surface area (Å²) in [6.45, 7) is 1.92. The summed E-state index contributed by atoms with van der Waals surface area (Å²) in [5.41, 5.74) is 3.74. The van der Waals surface area contributed by atoms with Crippen LogP contribution in [0.1, 0.15) is 15.9 Å². The maximum absolute atomic E-state index is 12.1. The number of aryl methyl sites for hydroxylation is 1. The van der Waals surface area contributed by atoms with Crippen LogP contribution >= 0.6 is 15.9 Å². The molecule has 0 saturated carbocycles. The number of rotatable bonds is 3. The van der Waals surface area contributed by atoms with Crippen LogP contribution in [0.15, 0.2) is 35.1 Å². The lowest BCUT2D eigenvalue weighted by molar-refractivity contribution is 0.102. The zero-order valence-corrected chi connectivity index (χ0v) is 11.7. The first-order valence-corrected chi connectivity index (χ1v) is 6.25. The molecule has 0 spiro atoms. The van der Waals surface area contributed by atoms with Crippen LogP contribution in [0.4, 0.5) is 11.6 Å². The lowest BCUT2D eigenvalue weighted by atomic mass is 10.2. The van der Waals surface area contributed by atoms with Gasteiger partial charge in [-0.25, -0.2) is 15.8 Å². The highest BCUT2D eigenvalue weighted by atomic mass is 79.9. The lowest BCUT2D eigenvalue weighted by Crippen LogP contribution is -2.18. The zero-order valence-electron chi connectivity index (χ0n) is 10.1. The van der Waals surface area contributed by atoms with E-state index in [4.69, 9.17) is 5.84 Å². The van der Waals surface area contributed by atoms with Gasteiger partial charge in [-0.15, -0.1) is 0 Å². The summed E-state index contributed by atoms with van der Waals surface area (Å²) >= 11 is 3.26. The van der Waals surface area contributed by atoms with Crippen LogP contribution in [-0.2, 0) is 0 Å². The minimum absolute atomic E-state index is 0.299. The van der Waals surface area contributed by atoms with Crippen LogP contribution in [0.3, 0.4) is 0 Å². The Labute approximate surface area is 118 Å². The van der Waals surface area contributed by atoms with E-state index in [9.17, 15) is 4.79 Å². The van der Waals surface area contributed by atoms with Gasteiger partial charge < -0.3 is 10.7 Å². The first-order valence-electron chi connectivity index (χ1n) is 5.46. The van der Waals surface area contributed by atoms with Crippen LogP contribution in [0, 0.1) is 6.92 Å². The monoisotopic (exact) mass is 321 g/mol. The molecule has 0 aliphatic rings. The highest BCUT2D eigenvalue weighted by Crippen LogP contribution is 2.18. The molecule has 7 heteroatoms. The second kappa shape index (κ2) is 5.77. The molecular formula is C12H12BrN5O. The third-order valence-corrected chi connectivity index (χ3v) is 2.82. The van der Waals surface area contributed by atoms with E-state index in [-0.39, 0.29) is 5.91 Å². The van der Waals surface area contributed by atoms with Crippen LogP contribution in [0.2, 0.25) is 0 Å². The Balaban J connectivity index is 2.24. The van der Waals surface area contributed by atoms with Gasteiger partial charge in [-0.05, 0) is 40.5 Å². The van der Waals surface area contributed by atoms with Crippen molar-refractivity contribution in [2.45, 2.75) is 6.92 Å². The first kappa shape index (κ1) is 13.4. The van der Waals surface area contributed by atoms with Crippen molar-refractivity contribution in [3.63, 3.8) is 0 Å². The summed E-state index contributed by atoms with van der Waals surface area (Å²) < 4.78 is 0.688. The number of hydrazine groups is 1. The van der Waals surface area contributed by atoms with E-state index in [1.165, 1.54) is 0 Å². The molecule has 4 N–H and O–H groups in total. The second-order valence-corrected chi connectivity index (χ2v) is 4.78. The molecule has 1 amide bonds. The molecule has 0 aliphatic heterocycles. The minimum atomic E-state index is -0.335. The number of carbonyl (C=O) groups is 1. The summed E-state index contributed by atoms with van der Waals surface area (Å²) in [6, 6.07) is 5.23. The molecule has 6 nitrogen and oxygen atoms in total. The van der Waals surface area contributed by atoms with E-state index >= 15 is 0 Å². The number of anilines is 2. The van der Waals surface area contributed by atoms with E-state index in [0.717, 1.165) is 5.56 Å². The molecule has 19 heavy (non-hydrogen) atoms. The molecular weight excluding hydrogens is 310 g/mol. The molecule has 0 saturated heterocycles. The maximum Gasteiger partial charge on any atom is 0.260 e. The second-order valence-electron chi connectivity index (χ2n) is 3.87. The normalized spacial score (nSPS) is 10.1. The molecule has 2 rings (SSSR count). The molecule has 0 aromatic carbocycles. The molecule has 0 bridgehead atoms. The topological polar surface area (TPSA) is 92.9 Å². The number of aromatic nitrogens is 2. The molecule has 2 aromatic rings. The number of hydrogen-bond acceptors (Lipinski definition) is 5. The van der Waals surface area contributed by atoms with E-state index < -0.39 is 0 Å². The Morgan fingerprint density at radius 3 is 2.74 bits per heavy atom. The summed E-state index contributed by atoms with van der Waals surface area (Å²) in [6.07, 6.45) is 3.23. The van der Waals surface area contributed by atoms with E-state index in [2.05, 4.69) is 36.6 Å². The van der Waals surface area contributed by atoms with Crippen molar-refractivity contribution in [3.8, 4) is 0 Å². The number of hydrogen-bond donors (Lipinski definition) is 3. The van der Waals surface area contributed by atoms with Gasteiger partial charge in [-0.2, -0.15) is 0 Å². The number of nitrogens with zero attached hydrogens (tertiary/aromatic N) is 2. The van der Waals surface area contributed by atoms with Crippen molar-refractivity contribution in [1.29, 1.82) is 0 Å². The van der Waals surface area contributed by atoms with Gasteiger partial charge in [-0.3, -0.25) is 4.79 Å². The molecule has 0 aliphatic carbocycles. The van der Waals surface area contributed by atoms with Gasteiger partial charge in [0.05, 0.1) is 5.56 Å². The van der Waals surface area contributed by atoms with Crippen LogP contribution in [0.5, 0.6) is 0 Å². The fourth-order valence-electron chi connectivity index (χ4n) is 1.45. The van der Waals surface area contributed by atoms with Crippen LogP contribution < -0.4 is 16.6 Å². The third kappa shape index (κ3) is 3.27. The van der Waals surface area contributed by atoms with Gasteiger partial charge in [0.1, 0.15) is 5.82 Å². The van der Waals surface area contributed by atoms with Gasteiger partial charge in [0, 0.05) is 16.9 Å². The van der Waals surface area contributed by atoms with Crippen LogP contribution in [0.25, 0.3) is 0 Å². The van der Waals surface area contributed by atoms with Crippen molar-refractivity contribution in [2.75, 3.05) is 10.7 Å². The molecule has 0 atom stereocenters. The zero-order chi connectivity index (χ0) is 13.8. The largest absolute Gasteiger partial charge is 0.308 e. The van der Waals surface area contributed by atoms with Crippen molar-refractivity contribution in [1.82, 2.24) is 9.97 Å². The fourth-order valence-corrected chi connectivity index (χ4v) is 1.78. The summed E-state index contributed by atoms with van der Waals surface area (Å²) in [5.74, 6) is 5.76. The molecule has 2 aromatic heterocycles. The van der Waals surface area contributed by atoms with Crippen molar-refractivity contribution >= 4 is 33.5 Å². The number of nitrogens with one attached hydrogen (secondary N) is 2. The Bertz CT molecular complexity index is 600. The highest BCUT2D eigenvalue weighted by molar-refractivity contribution is 9.10. The van der Waals surface area contributed by atoms with E-state index in [1.54, 1.807) is 24.5 Å². The molecule has 98 valence electrons. The first-order chi connectivity index (χ1) is 9.10. The molecule has 0 radical (unpaired) electrons. The SMILES string of the molecule is Cc1ccc(NC(=O)c2cc(Br)cnc2NN)nc1. The van der Waals surface area contributed by atoms with Crippen LogP contribution in [-0.4, -0.2) is 15.9 Å². The number of pyridine rings is 2. The quantitative estimate of drug-likeness (QED) is 0.594.